The quantitative estimate of drug-likeness (QED) is 0.741. The molecule has 0 spiro atoms. The van der Waals surface area contributed by atoms with Crippen LogP contribution < -0.4 is 0 Å². The summed E-state index contributed by atoms with van der Waals surface area (Å²) in [6, 6.07) is 10.8. The van der Waals surface area contributed by atoms with Crippen LogP contribution in [0.5, 0.6) is 0 Å². The monoisotopic (exact) mass is 250 g/mol. The van der Waals surface area contributed by atoms with Crippen LogP contribution >= 0.6 is 11.6 Å². The summed E-state index contributed by atoms with van der Waals surface area (Å²) in [6.07, 6.45) is 3.70. The predicted octanol–water partition coefficient (Wildman–Crippen LogP) is 3.83. The van der Waals surface area contributed by atoms with Crippen molar-refractivity contribution < 1.29 is 4.74 Å². The summed E-state index contributed by atoms with van der Waals surface area (Å²) in [5, 5.41) is 0. The Bertz CT molecular complexity index is 370. The number of rotatable bonds is 3. The number of ether oxygens (including phenoxy) is 1. The van der Waals surface area contributed by atoms with Gasteiger partial charge in [0.2, 0.25) is 0 Å². The highest BCUT2D eigenvalue weighted by atomic mass is 35.5. The third-order valence-electron chi connectivity index (χ3n) is 4.42. The molecule has 1 aromatic carbocycles. The van der Waals surface area contributed by atoms with Crippen LogP contribution in [0.25, 0.3) is 0 Å². The first-order chi connectivity index (χ1) is 8.36. The summed E-state index contributed by atoms with van der Waals surface area (Å²) >= 11 is 6.24. The van der Waals surface area contributed by atoms with Gasteiger partial charge in [-0.05, 0) is 36.7 Å². The third kappa shape index (κ3) is 2.11. The van der Waals surface area contributed by atoms with Gasteiger partial charge in [-0.3, -0.25) is 0 Å². The van der Waals surface area contributed by atoms with Crippen molar-refractivity contribution in [2.75, 3.05) is 19.1 Å². The maximum absolute atomic E-state index is 6.24. The smallest absolute Gasteiger partial charge is 0.0536 e. The molecule has 0 amide bonds. The number of benzene rings is 1. The fourth-order valence-electron chi connectivity index (χ4n) is 3.31. The molecule has 0 N–H and O–H groups in total. The molecule has 2 fully saturated rings. The SMILES string of the molecule is ClCC1(C2CC2c2ccccc2)CCCOC1. The molecule has 1 saturated carbocycles. The Hall–Kier alpha value is -0.530. The minimum absolute atomic E-state index is 0.250. The van der Waals surface area contributed by atoms with E-state index in [-0.39, 0.29) is 5.41 Å². The topological polar surface area (TPSA) is 9.23 Å². The van der Waals surface area contributed by atoms with E-state index in [4.69, 9.17) is 16.3 Å². The summed E-state index contributed by atoms with van der Waals surface area (Å²) in [7, 11) is 0. The van der Waals surface area contributed by atoms with Crippen LogP contribution in [-0.2, 0) is 4.74 Å². The van der Waals surface area contributed by atoms with Crippen LogP contribution in [0.3, 0.4) is 0 Å². The van der Waals surface area contributed by atoms with E-state index < -0.39 is 0 Å². The molecule has 1 saturated heterocycles. The van der Waals surface area contributed by atoms with Gasteiger partial charge in [0, 0.05) is 17.9 Å². The average Bonchev–Trinajstić information content (AvgIpc) is 3.21. The van der Waals surface area contributed by atoms with E-state index in [1.165, 1.54) is 24.8 Å². The van der Waals surface area contributed by atoms with E-state index in [0.717, 1.165) is 30.9 Å². The Morgan fingerprint density at radius 1 is 1.29 bits per heavy atom. The van der Waals surface area contributed by atoms with Crippen LogP contribution in [0, 0.1) is 11.3 Å². The maximum atomic E-state index is 6.24. The van der Waals surface area contributed by atoms with Gasteiger partial charge in [0.05, 0.1) is 6.61 Å². The summed E-state index contributed by atoms with van der Waals surface area (Å²) in [6.45, 7) is 1.78. The summed E-state index contributed by atoms with van der Waals surface area (Å²) in [5.74, 6) is 2.21. The van der Waals surface area contributed by atoms with Crippen LogP contribution in [-0.4, -0.2) is 19.1 Å². The van der Waals surface area contributed by atoms with Crippen molar-refractivity contribution in [1.82, 2.24) is 0 Å². The van der Waals surface area contributed by atoms with Crippen molar-refractivity contribution in [3.05, 3.63) is 35.9 Å². The van der Waals surface area contributed by atoms with Gasteiger partial charge >= 0.3 is 0 Å². The van der Waals surface area contributed by atoms with Crippen LogP contribution in [0.1, 0.15) is 30.7 Å². The Morgan fingerprint density at radius 3 is 2.76 bits per heavy atom. The van der Waals surface area contributed by atoms with E-state index in [1.807, 2.05) is 0 Å². The first-order valence-corrected chi connectivity index (χ1v) is 7.08. The van der Waals surface area contributed by atoms with E-state index in [1.54, 1.807) is 0 Å². The zero-order valence-corrected chi connectivity index (χ0v) is 10.8. The molecule has 1 aliphatic heterocycles. The Balaban J connectivity index is 1.74. The van der Waals surface area contributed by atoms with Gasteiger partial charge in [0.25, 0.3) is 0 Å². The van der Waals surface area contributed by atoms with E-state index in [0.29, 0.717) is 0 Å². The molecule has 0 radical (unpaired) electrons. The van der Waals surface area contributed by atoms with Crippen molar-refractivity contribution in [3.8, 4) is 0 Å². The van der Waals surface area contributed by atoms with Crippen molar-refractivity contribution in [1.29, 1.82) is 0 Å². The lowest BCUT2D eigenvalue weighted by molar-refractivity contribution is -0.00869. The maximum Gasteiger partial charge on any atom is 0.0536 e. The van der Waals surface area contributed by atoms with Crippen molar-refractivity contribution in [3.63, 3.8) is 0 Å². The molecule has 3 rings (SSSR count). The lowest BCUT2D eigenvalue weighted by Gasteiger charge is -2.36. The van der Waals surface area contributed by atoms with Gasteiger partial charge in [0.1, 0.15) is 0 Å². The van der Waals surface area contributed by atoms with E-state index in [9.17, 15) is 0 Å². The molecule has 1 heterocycles. The number of alkyl halides is 1. The highest BCUT2D eigenvalue weighted by Crippen LogP contribution is 2.59. The number of halogens is 1. The van der Waals surface area contributed by atoms with Gasteiger partial charge in [-0.25, -0.2) is 0 Å². The fraction of sp³-hybridized carbons (Fsp3) is 0.600. The largest absolute Gasteiger partial charge is 0.381 e. The van der Waals surface area contributed by atoms with Crippen LogP contribution in [0.2, 0.25) is 0 Å². The first-order valence-electron chi connectivity index (χ1n) is 6.54. The lowest BCUT2D eigenvalue weighted by atomic mass is 9.78. The Labute approximate surface area is 108 Å². The highest BCUT2D eigenvalue weighted by molar-refractivity contribution is 6.18. The molecule has 0 bridgehead atoms. The zero-order chi connectivity index (χ0) is 11.7. The molecule has 3 atom stereocenters. The number of hydrogen-bond acceptors (Lipinski definition) is 1. The molecule has 0 aromatic heterocycles. The molecule has 2 aliphatic rings. The highest BCUT2D eigenvalue weighted by Gasteiger charge is 2.53. The minimum atomic E-state index is 0.250. The second-order valence-corrected chi connectivity index (χ2v) is 5.78. The van der Waals surface area contributed by atoms with Gasteiger partial charge in [-0.1, -0.05) is 30.3 Å². The molecular formula is C15H19ClO. The van der Waals surface area contributed by atoms with Crippen LogP contribution in [0.4, 0.5) is 0 Å². The molecule has 2 heteroatoms. The van der Waals surface area contributed by atoms with Gasteiger partial charge in [-0.2, -0.15) is 0 Å². The van der Waals surface area contributed by atoms with Gasteiger partial charge < -0.3 is 4.74 Å². The molecular weight excluding hydrogens is 232 g/mol. The molecule has 17 heavy (non-hydrogen) atoms. The Morgan fingerprint density at radius 2 is 2.12 bits per heavy atom. The second-order valence-electron chi connectivity index (χ2n) is 5.51. The second kappa shape index (κ2) is 4.62. The standard InChI is InChI=1S/C15H19ClO/c16-10-15(7-4-8-17-11-15)14-9-13(14)12-5-2-1-3-6-12/h1-3,5-6,13-14H,4,7-11H2. The first kappa shape index (κ1) is 11.6. The number of hydrogen-bond donors (Lipinski definition) is 0. The van der Waals surface area contributed by atoms with Gasteiger partial charge in [-0.15, -0.1) is 11.6 Å². The van der Waals surface area contributed by atoms with Crippen molar-refractivity contribution in [2.24, 2.45) is 11.3 Å². The summed E-state index contributed by atoms with van der Waals surface area (Å²) < 4.78 is 5.68. The normalized spacial score (nSPS) is 36.8. The average molecular weight is 251 g/mol. The molecule has 3 unspecified atom stereocenters. The lowest BCUT2D eigenvalue weighted by Crippen LogP contribution is -2.36. The molecule has 1 nitrogen and oxygen atoms in total. The summed E-state index contributed by atoms with van der Waals surface area (Å²) in [5.41, 5.74) is 1.73. The fourth-order valence-corrected chi connectivity index (χ4v) is 3.72. The zero-order valence-electron chi connectivity index (χ0n) is 10.1. The van der Waals surface area contributed by atoms with Crippen LogP contribution in [0.15, 0.2) is 30.3 Å². The van der Waals surface area contributed by atoms with E-state index in [2.05, 4.69) is 30.3 Å². The van der Waals surface area contributed by atoms with Crippen molar-refractivity contribution >= 4 is 11.6 Å². The molecule has 1 aromatic rings. The molecule has 92 valence electrons. The Kier molecular flexibility index (Phi) is 3.14. The van der Waals surface area contributed by atoms with Gasteiger partial charge in [0.15, 0.2) is 0 Å². The third-order valence-corrected chi connectivity index (χ3v) is 4.96. The van der Waals surface area contributed by atoms with Crippen molar-refractivity contribution in [2.45, 2.75) is 25.2 Å². The predicted molar refractivity (Wildman–Crippen MR) is 70.5 cm³/mol. The van der Waals surface area contributed by atoms with E-state index >= 15 is 0 Å². The summed E-state index contributed by atoms with van der Waals surface area (Å²) in [4.78, 5) is 0. The molecule has 1 aliphatic carbocycles. The minimum Gasteiger partial charge on any atom is -0.381 e.